The van der Waals surface area contributed by atoms with Gasteiger partial charge < -0.3 is 10.2 Å². The van der Waals surface area contributed by atoms with Crippen molar-refractivity contribution in [2.24, 2.45) is 0 Å². The van der Waals surface area contributed by atoms with Crippen LogP contribution in [0.25, 0.3) is 11.3 Å². The Labute approximate surface area is 165 Å². The van der Waals surface area contributed by atoms with E-state index in [1.165, 1.54) is 0 Å². The topological polar surface area (TPSA) is 45.2 Å². The molecule has 1 saturated heterocycles. The summed E-state index contributed by atoms with van der Waals surface area (Å²) in [6.45, 7) is 6.83. The number of nitrogens with zero attached hydrogens (tertiary/aromatic N) is 2. The Bertz CT molecular complexity index is 686. The molecule has 2 aromatic rings. The second-order valence-electron chi connectivity index (χ2n) is 5.98. The highest BCUT2D eigenvalue weighted by Crippen LogP contribution is 2.23. The number of hydrogen-bond acceptors (Lipinski definition) is 4. The van der Waals surface area contributed by atoms with Gasteiger partial charge in [-0.2, -0.15) is 0 Å². The van der Waals surface area contributed by atoms with Gasteiger partial charge >= 0.3 is 0 Å². The molecule has 0 spiro atoms. The highest BCUT2D eigenvalue weighted by Gasteiger charge is 2.26. The molecule has 7 heteroatoms. The summed E-state index contributed by atoms with van der Waals surface area (Å²) >= 11 is 1.63. The minimum absolute atomic E-state index is 0. The molecule has 2 heterocycles. The fourth-order valence-corrected chi connectivity index (χ4v) is 3.69. The lowest BCUT2D eigenvalue weighted by molar-refractivity contribution is 0.0692. The number of thiazole rings is 1. The Kier molecular flexibility index (Phi) is 8.86. The molecule has 0 bridgehead atoms. The molecule has 1 amide bonds. The van der Waals surface area contributed by atoms with Crippen molar-refractivity contribution in [3.05, 3.63) is 40.2 Å². The van der Waals surface area contributed by atoms with Gasteiger partial charge in [0.1, 0.15) is 0 Å². The van der Waals surface area contributed by atoms with E-state index in [1.807, 2.05) is 41.5 Å². The first kappa shape index (κ1) is 21.9. The van der Waals surface area contributed by atoms with E-state index in [4.69, 9.17) is 0 Å². The van der Waals surface area contributed by atoms with Gasteiger partial charge in [-0.05, 0) is 38.4 Å². The van der Waals surface area contributed by atoms with Crippen molar-refractivity contribution < 1.29 is 4.79 Å². The predicted molar refractivity (Wildman–Crippen MR) is 109 cm³/mol. The molecular formula is C18H25Cl2N3OS. The molecule has 1 aromatic carbocycles. The first-order valence-electron chi connectivity index (χ1n) is 8.23. The average Bonchev–Trinajstić information content (AvgIpc) is 3.24. The fourth-order valence-electron chi connectivity index (χ4n) is 3.07. The minimum atomic E-state index is 0. The zero-order chi connectivity index (χ0) is 16.2. The van der Waals surface area contributed by atoms with E-state index in [9.17, 15) is 4.79 Å². The van der Waals surface area contributed by atoms with Crippen LogP contribution in [0.3, 0.4) is 0 Å². The Hall–Kier alpha value is -1.14. The summed E-state index contributed by atoms with van der Waals surface area (Å²) in [6, 6.07) is 8.17. The number of benzene rings is 1. The summed E-state index contributed by atoms with van der Waals surface area (Å²) in [6.07, 6.45) is 2.02. The molecule has 3 rings (SSSR count). The molecule has 1 unspecified atom stereocenters. The van der Waals surface area contributed by atoms with Crippen molar-refractivity contribution in [2.75, 3.05) is 19.6 Å². The fraction of sp³-hybridized carbons (Fsp3) is 0.444. The summed E-state index contributed by atoms with van der Waals surface area (Å²) in [7, 11) is 0. The first-order chi connectivity index (χ1) is 11.2. The van der Waals surface area contributed by atoms with E-state index in [2.05, 4.69) is 17.2 Å². The smallest absolute Gasteiger partial charge is 0.254 e. The van der Waals surface area contributed by atoms with Gasteiger partial charge in [-0.1, -0.05) is 19.1 Å². The van der Waals surface area contributed by atoms with Gasteiger partial charge in [0.15, 0.2) is 0 Å². The molecule has 1 aromatic heterocycles. The summed E-state index contributed by atoms with van der Waals surface area (Å²) in [4.78, 5) is 19.5. The SMILES string of the molecule is CCCN(C(=O)c1cccc(-c2csc(C)n2)c1)C1CCNC1.Cl.Cl. The number of aryl methyl sites for hydroxylation is 1. The van der Waals surface area contributed by atoms with Gasteiger partial charge in [0.2, 0.25) is 0 Å². The zero-order valence-electron chi connectivity index (χ0n) is 14.5. The maximum absolute atomic E-state index is 13.0. The third-order valence-electron chi connectivity index (χ3n) is 4.22. The average molecular weight is 402 g/mol. The Morgan fingerprint density at radius 1 is 1.40 bits per heavy atom. The third-order valence-corrected chi connectivity index (χ3v) is 5.00. The Morgan fingerprint density at radius 3 is 2.80 bits per heavy atom. The highest BCUT2D eigenvalue weighted by atomic mass is 35.5. The number of carbonyl (C=O) groups excluding carboxylic acids is 1. The summed E-state index contributed by atoms with van der Waals surface area (Å²) in [5.74, 6) is 0.134. The molecule has 1 aliphatic heterocycles. The number of hydrogen-bond donors (Lipinski definition) is 1. The van der Waals surface area contributed by atoms with Crippen LogP contribution in [0, 0.1) is 6.92 Å². The number of aromatic nitrogens is 1. The zero-order valence-corrected chi connectivity index (χ0v) is 17.0. The second kappa shape index (κ2) is 10.1. The third kappa shape index (κ3) is 5.17. The van der Waals surface area contributed by atoms with Gasteiger partial charge in [0.25, 0.3) is 5.91 Å². The molecule has 1 fully saturated rings. The Morgan fingerprint density at radius 2 is 2.20 bits per heavy atom. The molecule has 25 heavy (non-hydrogen) atoms. The van der Waals surface area contributed by atoms with E-state index in [-0.39, 0.29) is 30.7 Å². The summed E-state index contributed by atoms with van der Waals surface area (Å²) in [5.41, 5.74) is 2.72. The predicted octanol–water partition coefficient (Wildman–Crippen LogP) is 4.18. The number of rotatable bonds is 5. The monoisotopic (exact) mass is 401 g/mol. The highest BCUT2D eigenvalue weighted by molar-refractivity contribution is 7.09. The van der Waals surface area contributed by atoms with Crippen LogP contribution in [0.2, 0.25) is 0 Å². The van der Waals surface area contributed by atoms with Gasteiger partial charge in [-0.3, -0.25) is 4.79 Å². The van der Waals surface area contributed by atoms with E-state index in [0.29, 0.717) is 6.04 Å². The molecule has 1 N–H and O–H groups in total. The number of halogens is 2. The summed E-state index contributed by atoms with van der Waals surface area (Å²) in [5, 5.41) is 6.44. The first-order valence-corrected chi connectivity index (χ1v) is 9.11. The van der Waals surface area contributed by atoms with Crippen molar-refractivity contribution in [3.63, 3.8) is 0 Å². The quantitative estimate of drug-likeness (QED) is 0.816. The molecule has 1 atom stereocenters. The minimum Gasteiger partial charge on any atom is -0.334 e. The number of amides is 1. The van der Waals surface area contributed by atoms with Crippen LogP contribution in [-0.4, -0.2) is 41.5 Å². The maximum atomic E-state index is 13.0. The molecular weight excluding hydrogens is 377 g/mol. The van der Waals surface area contributed by atoms with Crippen LogP contribution in [-0.2, 0) is 0 Å². The van der Waals surface area contributed by atoms with Crippen LogP contribution in [0.5, 0.6) is 0 Å². The summed E-state index contributed by atoms with van der Waals surface area (Å²) < 4.78 is 0. The molecule has 0 radical (unpaired) electrons. The molecule has 0 saturated carbocycles. The molecule has 138 valence electrons. The van der Waals surface area contributed by atoms with Crippen LogP contribution in [0.1, 0.15) is 35.1 Å². The maximum Gasteiger partial charge on any atom is 0.254 e. The number of carbonyl (C=O) groups is 1. The standard InChI is InChI=1S/C18H23N3OS.2ClH/c1-3-9-21(16-7-8-19-11-16)18(22)15-6-4-5-14(10-15)17-12-23-13(2)20-17;;/h4-6,10,12,16,19H,3,7-9,11H2,1-2H3;2*1H. The van der Waals surface area contributed by atoms with Gasteiger partial charge in [0.05, 0.1) is 10.7 Å². The van der Waals surface area contributed by atoms with Crippen molar-refractivity contribution in [2.45, 2.75) is 32.7 Å². The van der Waals surface area contributed by atoms with Crippen molar-refractivity contribution in [1.82, 2.24) is 15.2 Å². The van der Waals surface area contributed by atoms with Gasteiger partial charge in [0, 0.05) is 35.6 Å². The lowest BCUT2D eigenvalue weighted by Gasteiger charge is -2.28. The van der Waals surface area contributed by atoms with Gasteiger partial charge in [-0.15, -0.1) is 36.2 Å². The van der Waals surface area contributed by atoms with E-state index >= 15 is 0 Å². The normalized spacial score (nSPS) is 16.0. The van der Waals surface area contributed by atoms with Crippen LogP contribution < -0.4 is 5.32 Å². The van der Waals surface area contributed by atoms with E-state index < -0.39 is 0 Å². The van der Waals surface area contributed by atoms with Crippen molar-refractivity contribution >= 4 is 42.1 Å². The van der Waals surface area contributed by atoms with Crippen LogP contribution in [0.4, 0.5) is 0 Å². The van der Waals surface area contributed by atoms with Crippen LogP contribution >= 0.6 is 36.2 Å². The lowest BCUT2D eigenvalue weighted by atomic mass is 10.1. The molecule has 0 aliphatic carbocycles. The van der Waals surface area contributed by atoms with E-state index in [1.54, 1.807) is 11.3 Å². The van der Waals surface area contributed by atoms with Gasteiger partial charge in [-0.25, -0.2) is 4.98 Å². The van der Waals surface area contributed by atoms with Crippen LogP contribution in [0.15, 0.2) is 29.6 Å². The second-order valence-corrected chi connectivity index (χ2v) is 7.04. The molecule has 4 nitrogen and oxygen atoms in total. The Balaban J connectivity index is 0.00000156. The number of nitrogens with one attached hydrogen (secondary N) is 1. The lowest BCUT2D eigenvalue weighted by Crippen LogP contribution is -2.42. The van der Waals surface area contributed by atoms with E-state index in [0.717, 1.165) is 54.3 Å². The molecule has 1 aliphatic rings. The largest absolute Gasteiger partial charge is 0.334 e. The van der Waals surface area contributed by atoms with Crippen molar-refractivity contribution in [3.8, 4) is 11.3 Å². The van der Waals surface area contributed by atoms with Crippen molar-refractivity contribution in [1.29, 1.82) is 0 Å².